The van der Waals surface area contributed by atoms with Gasteiger partial charge >= 0.3 is 0 Å². The molecule has 2 fully saturated rings. The Bertz CT molecular complexity index is 474. The van der Waals surface area contributed by atoms with E-state index in [9.17, 15) is 0 Å². The van der Waals surface area contributed by atoms with Gasteiger partial charge in [-0.25, -0.2) is 4.98 Å². The van der Waals surface area contributed by atoms with Crippen LogP contribution in [-0.2, 0) is 4.74 Å². The normalized spacial score (nSPS) is 27.5. The van der Waals surface area contributed by atoms with E-state index in [-0.39, 0.29) is 0 Å². The monoisotopic (exact) mass is 309 g/mol. The highest BCUT2D eigenvalue weighted by Crippen LogP contribution is 2.36. The number of aryl methyl sites for hydroxylation is 1. The molecule has 2 aliphatic rings. The third kappa shape index (κ3) is 3.10. The minimum absolute atomic E-state index is 0.393. The molecule has 2 heterocycles. The van der Waals surface area contributed by atoms with E-state index < -0.39 is 0 Å². The van der Waals surface area contributed by atoms with E-state index in [1.165, 1.54) is 41.4 Å². The molecule has 0 aromatic carbocycles. The number of anilines is 1. The second-order valence-electron chi connectivity index (χ2n) is 6.18. The van der Waals surface area contributed by atoms with E-state index in [2.05, 4.69) is 31.0 Å². The van der Waals surface area contributed by atoms with Gasteiger partial charge in [0.05, 0.1) is 24.4 Å². The predicted molar refractivity (Wildman–Crippen MR) is 88.3 cm³/mol. The van der Waals surface area contributed by atoms with Crippen LogP contribution in [0.15, 0.2) is 0 Å². The van der Waals surface area contributed by atoms with Crippen molar-refractivity contribution in [3.8, 4) is 0 Å². The summed E-state index contributed by atoms with van der Waals surface area (Å²) >= 11 is 1.87. The number of morpholine rings is 1. The molecule has 1 aromatic heterocycles. The number of aromatic nitrogens is 1. The van der Waals surface area contributed by atoms with Gasteiger partial charge in [-0.2, -0.15) is 0 Å². The Labute approximate surface area is 131 Å². The van der Waals surface area contributed by atoms with Crippen LogP contribution in [0.3, 0.4) is 0 Å². The lowest BCUT2D eigenvalue weighted by atomic mass is 9.90. The average molecular weight is 309 g/mol. The Kier molecular flexibility index (Phi) is 4.82. The van der Waals surface area contributed by atoms with Gasteiger partial charge < -0.3 is 15.0 Å². The lowest BCUT2D eigenvalue weighted by Gasteiger charge is -2.43. The van der Waals surface area contributed by atoms with Crippen LogP contribution in [0, 0.1) is 6.92 Å². The molecule has 118 valence electrons. The van der Waals surface area contributed by atoms with Gasteiger partial charge in [0.2, 0.25) is 0 Å². The van der Waals surface area contributed by atoms with Crippen LogP contribution in [-0.4, -0.2) is 36.8 Å². The van der Waals surface area contributed by atoms with Crippen LogP contribution in [0.1, 0.15) is 56.1 Å². The van der Waals surface area contributed by atoms with Crippen LogP contribution < -0.4 is 10.2 Å². The number of rotatable bonds is 4. The summed E-state index contributed by atoms with van der Waals surface area (Å²) < 4.78 is 5.98. The third-order valence-corrected chi connectivity index (χ3v) is 6.08. The van der Waals surface area contributed by atoms with Crippen LogP contribution in [0.2, 0.25) is 0 Å². The van der Waals surface area contributed by atoms with E-state index >= 15 is 0 Å². The Morgan fingerprint density at radius 2 is 2.24 bits per heavy atom. The van der Waals surface area contributed by atoms with Crippen molar-refractivity contribution in [2.75, 3.05) is 24.6 Å². The topological polar surface area (TPSA) is 37.4 Å². The van der Waals surface area contributed by atoms with Crippen molar-refractivity contribution in [2.45, 2.75) is 64.6 Å². The molecule has 0 bridgehead atoms. The predicted octanol–water partition coefficient (Wildman–Crippen LogP) is 3.27. The third-order valence-electron chi connectivity index (χ3n) is 4.70. The smallest absolute Gasteiger partial charge is 0.186 e. The van der Waals surface area contributed by atoms with E-state index in [1.807, 2.05) is 11.3 Å². The maximum Gasteiger partial charge on any atom is 0.186 e. The summed E-state index contributed by atoms with van der Waals surface area (Å²) in [5.74, 6) is 0. The summed E-state index contributed by atoms with van der Waals surface area (Å²) in [6.45, 7) is 9.36. The highest BCUT2D eigenvalue weighted by Gasteiger charge is 2.35. The number of hydrogen-bond donors (Lipinski definition) is 1. The summed E-state index contributed by atoms with van der Waals surface area (Å²) in [6.07, 6.45) is 5.53. The van der Waals surface area contributed by atoms with Crippen molar-refractivity contribution in [2.24, 2.45) is 0 Å². The van der Waals surface area contributed by atoms with Gasteiger partial charge in [0.25, 0.3) is 0 Å². The first kappa shape index (κ1) is 15.3. The molecule has 1 saturated carbocycles. The number of nitrogens with zero attached hydrogens (tertiary/aromatic N) is 2. The fourth-order valence-corrected chi connectivity index (χ4v) is 4.83. The molecule has 1 aliphatic heterocycles. The Balaban J connectivity index is 1.80. The van der Waals surface area contributed by atoms with Crippen LogP contribution in [0.25, 0.3) is 0 Å². The van der Waals surface area contributed by atoms with Gasteiger partial charge in [0, 0.05) is 17.5 Å². The molecular formula is C16H27N3OS. The number of ether oxygens (including phenoxy) is 1. The zero-order valence-corrected chi connectivity index (χ0v) is 14.2. The van der Waals surface area contributed by atoms with Gasteiger partial charge in [-0.05, 0) is 33.2 Å². The second kappa shape index (κ2) is 6.63. The summed E-state index contributed by atoms with van der Waals surface area (Å²) in [5.41, 5.74) is 1.18. The molecule has 4 nitrogen and oxygen atoms in total. The lowest BCUT2D eigenvalue weighted by Crippen LogP contribution is -2.52. The van der Waals surface area contributed by atoms with Crippen molar-refractivity contribution in [1.82, 2.24) is 10.3 Å². The Morgan fingerprint density at radius 3 is 3.05 bits per heavy atom. The van der Waals surface area contributed by atoms with Gasteiger partial charge in [0.1, 0.15) is 0 Å². The molecule has 3 rings (SSSR count). The minimum Gasteiger partial charge on any atom is -0.374 e. The molecule has 1 aromatic rings. The summed E-state index contributed by atoms with van der Waals surface area (Å²) in [6, 6.07) is 0.935. The standard InChI is InChI=1S/C16H27N3OS/c1-4-17-11(2)15-12(3)18-16(21-15)19-9-10-20-14-8-6-5-7-13(14)19/h11,13-14,17H,4-10H2,1-3H3. The van der Waals surface area contributed by atoms with Crippen LogP contribution >= 0.6 is 11.3 Å². The number of thiazole rings is 1. The van der Waals surface area contributed by atoms with Gasteiger partial charge in [-0.15, -0.1) is 11.3 Å². The molecule has 5 heteroatoms. The van der Waals surface area contributed by atoms with Crippen LogP contribution in [0.5, 0.6) is 0 Å². The van der Waals surface area contributed by atoms with Crippen molar-refractivity contribution >= 4 is 16.5 Å². The van der Waals surface area contributed by atoms with E-state index in [0.29, 0.717) is 18.2 Å². The Hall–Kier alpha value is -0.650. The number of fused-ring (bicyclic) bond motifs is 1. The van der Waals surface area contributed by atoms with Crippen molar-refractivity contribution in [1.29, 1.82) is 0 Å². The van der Waals surface area contributed by atoms with E-state index in [1.54, 1.807) is 0 Å². The highest BCUT2D eigenvalue weighted by molar-refractivity contribution is 7.15. The highest BCUT2D eigenvalue weighted by atomic mass is 32.1. The van der Waals surface area contributed by atoms with E-state index in [4.69, 9.17) is 9.72 Å². The van der Waals surface area contributed by atoms with Crippen molar-refractivity contribution in [3.05, 3.63) is 10.6 Å². The zero-order valence-electron chi connectivity index (χ0n) is 13.4. The average Bonchev–Trinajstić information content (AvgIpc) is 2.89. The first-order valence-corrected chi connectivity index (χ1v) is 9.11. The van der Waals surface area contributed by atoms with Crippen LogP contribution in [0.4, 0.5) is 5.13 Å². The minimum atomic E-state index is 0.393. The van der Waals surface area contributed by atoms with Crippen molar-refractivity contribution in [3.63, 3.8) is 0 Å². The molecule has 3 unspecified atom stereocenters. The van der Waals surface area contributed by atoms with Crippen molar-refractivity contribution < 1.29 is 4.74 Å². The largest absolute Gasteiger partial charge is 0.374 e. The maximum atomic E-state index is 5.98. The number of hydrogen-bond acceptors (Lipinski definition) is 5. The molecular weight excluding hydrogens is 282 g/mol. The fourth-order valence-electron chi connectivity index (χ4n) is 3.65. The molecule has 1 saturated heterocycles. The summed E-state index contributed by atoms with van der Waals surface area (Å²) in [7, 11) is 0. The maximum absolute atomic E-state index is 5.98. The molecule has 1 aliphatic carbocycles. The molecule has 0 amide bonds. The summed E-state index contributed by atoms with van der Waals surface area (Å²) in [4.78, 5) is 8.78. The SMILES string of the molecule is CCNC(C)c1sc(N2CCOC3CCCCC32)nc1C. The van der Waals surface area contributed by atoms with E-state index in [0.717, 1.165) is 19.7 Å². The second-order valence-corrected chi connectivity index (χ2v) is 7.19. The molecule has 0 radical (unpaired) electrons. The Morgan fingerprint density at radius 1 is 1.43 bits per heavy atom. The number of nitrogens with one attached hydrogen (secondary N) is 1. The quantitative estimate of drug-likeness (QED) is 0.926. The summed E-state index contributed by atoms with van der Waals surface area (Å²) in [5, 5.41) is 4.70. The van der Waals surface area contributed by atoms with Gasteiger partial charge in [0.15, 0.2) is 5.13 Å². The zero-order chi connectivity index (χ0) is 14.8. The fraction of sp³-hybridized carbons (Fsp3) is 0.812. The molecule has 21 heavy (non-hydrogen) atoms. The molecule has 1 N–H and O–H groups in total. The lowest BCUT2D eigenvalue weighted by molar-refractivity contribution is -0.00869. The first-order valence-electron chi connectivity index (χ1n) is 8.29. The van der Waals surface area contributed by atoms with Gasteiger partial charge in [-0.1, -0.05) is 19.8 Å². The molecule has 0 spiro atoms. The molecule has 3 atom stereocenters. The van der Waals surface area contributed by atoms with Gasteiger partial charge in [-0.3, -0.25) is 0 Å². The first-order chi connectivity index (χ1) is 10.2.